The molecule has 0 radical (unpaired) electrons. The number of allylic oxidation sites excluding steroid dienone is 9. The van der Waals surface area contributed by atoms with E-state index in [1.165, 1.54) is 36.5 Å². The van der Waals surface area contributed by atoms with Gasteiger partial charge in [-0.3, -0.25) is 9.79 Å². The highest BCUT2D eigenvalue weighted by Crippen LogP contribution is 2.41. The van der Waals surface area contributed by atoms with Crippen molar-refractivity contribution in [3.05, 3.63) is 110 Å². The van der Waals surface area contributed by atoms with Crippen LogP contribution in [0.4, 0.5) is 11.4 Å². The Morgan fingerprint density at radius 2 is 1.79 bits per heavy atom. The first kappa shape index (κ1) is 48.0. The van der Waals surface area contributed by atoms with Gasteiger partial charge in [-0.15, -0.1) is 0 Å². The number of rotatable bonds is 11. The lowest BCUT2D eigenvalue weighted by Gasteiger charge is -2.32. The summed E-state index contributed by atoms with van der Waals surface area (Å²) in [5, 5.41) is 28.9. The predicted molar refractivity (Wildman–Crippen MR) is 242 cm³/mol. The van der Waals surface area contributed by atoms with E-state index >= 15 is 0 Å². The van der Waals surface area contributed by atoms with Crippen molar-refractivity contribution in [3.63, 3.8) is 0 Å². The second-order valence-electron chi connectivity index (χ2n) is 16.6. The number of carbonyl (C=O) groups is 2. The molecule has 1 heterocycles. The van der Waals surface area contributed by atoms with Crippen molar-refractivity contribution >= 4 is 52.3 Å². The molecule has 7 N–H and O–H groups in total. The molecule has 0 fully saturated rings. The zero-order valence-corrected chi connectivity index (χ0v) is 36.9. The zero-order valence-electron chi connectivity index (χ0n) is 35.4. The molecular formula is C46H63Cl2N5O5. The minimum Gasteiger partial charge on any atom is -0.491 e. The summed E-state index contributed by atoms with van der Waals surface area (Å²) >= 11 is 12.0. The number of ketones is 1. The molecule has 0 bridgehead atoms. The average molecular weight is 837 g/mol. The highest BCUT2D eigenvalue weighted by Gasteiger charge is 2.26. The van der Waals surface area contributed by atoms with E-state index in [4.69, 9.17) is 38.8 Å². The van der Waals surface area contributed by atoms with Gasteiger partial charge in [-0.05, 0) is 108 Å². The fraction of sp³-hybridized carbons (Fsp3) is 0.457. The lowest BCUT2D eigenvalue weighted by molar-refractivity contribution is -0.131. The Bertz CT molecular complexity index is 1910. The molecule has 1 aliphatic heterocycles. The number of nitrogen functional groups attached to an aromatic ring is 1. The van der Waals surface area contributed by atoms with Crippen LogP contribution in [-0.2, 0) is 11.2 Å². The molecule has 0 saturated carbocycles. The minimum atomic E-state index is -0.912. The Morgan fingerprint density at radius 3 is 2.41 bits per heavy atom. The van der Waals surface area contributed by atoms with E-state index in [-0.39, 0.29) is 23.3 Å². The second kappa shape index (κ2) is 22.7. The number of carboxylic acids is 1. The van der Waals surface area contributed by atoms with Crippen LogP contribution in [0.2, 0.25) is 10.0 Å². The molecule has 2 aromatic rings. The fourth-order valence-corrected chi connectivity index (χ4v) is 7.24. The molecule has 2 aliphatic carbocycles. The number of nitrogens with zero attached hydrogens (tertiary/aromatic N) is 1. The van der Waals surface area contributed by atoms with Crippen molar-refractivity contribution in [2.45, 2.75) is 106 Å². The molecule has 58 heavy (non-hydrogen) atoms. The van der Waals surface area contributed by atoms with Crippen LogP contribution in [0.5, 0.6) is 5.75 Å². The lowest BCUT2D eigenvalue weighted by atomic mass is 9.72. The standard InChI is InChI=1S/C20H28O2.C17H25NO3.C9H10Cl2N4/c1-15(8-6-9-16(2)14-19(21)22)11-12-18-17(3)10-7-13-20(18,4)5;1-17(2,3)18-10-12(19)11-21-16-9-5-6-13-14(16)7-4-8-15(13)20;10-6-3-5(12)4-7(11)8(6)15-9-13-1-2-14-9/h6,8-9,11-12,14H,7,10,13H2,1-5H3,(H,21,22);5-6,9,12,18-19H,4,7-8,10-11H2,1-3H3;3-4H,1-2,12H2,(H2,13,14,15)/b9-6+,12-11+,15-8+,16-14+;;. The van der Waals surface area contributed by atoms with Crippen LogP contribution >= 0.6 is 23.2 Å². The Balaban J connectivity index is 0.000000237. The van der Waals surface area contributed by atoms with E-state index in [9.17, 15) is 14.7 Å². The summed E-state index contributed by atoms with van der Waals surface area (Å²) < 4.78 is 5.74. The fourth-order valence-electron chi connectivity index (χ4n) is 6.64. The summed E-state index contributed by atoms with van der Waals surface area (Å²) in [7, 11) is 0. The number of aliphatic imine (C=N–C) groups is 1. The summed E-state index contributed by atoms with van der Waals surface area (Å²) in [5.41, 5.74) is 13.6. The molecule has 5 rings (SSSR count). The molecule has 12 heteroatoms. The molecule has 0 spiro atoms. The van der Waals surface area contributed by atoms with Crippen molar-refractivity contribution in [2.75, 3.05) is 37.3 Å². The number of halogens is 2. The Kier molecular flexibility index (Phi) is 18.8. The van der Waals surface area contributed by atoms with Gasteiger partial charge in [0.2, 0.25) is 0 Å². The third-order valence-corrected chi connectivity index (χ3v) is 10.3. The van der Waals surface area contributed by atoms with Gasteiger partial charge in [-0.1, -0.05) is 90.7 Å². The van der Waals surface area contributed by atoms with Gasteiger partial charge in [0, 0.05) is 47.9 Å². The maximum Gasteiger partial charge on any atom is 0.328 e. The number of aliphatic hydroxyl groups is 1. The number of carbonyl (C=O) groups excluding carboxylic acids is 1. The number of anilines is 2. The maximum absolute atomic E-state index is 11.9. The van der Waals surface area contributed by atoms with Gasteiger partial charge in [0.25, 0.3) is 0 Å². The highest BCUT2D eigenvalue weighted by molar-refractivity contribution is 6.40. The first-order chi connectivity index (χ1) is 27.3. The number of Topliss-reactive ketones (excluding diaryl/α,β-unsaturated/α-hetero) is 1. The number of fused-ring (bicyclic) bond motifs is 1. The van der Waals surface area contributed by atoms with Crippen LogP contribution in [-0.4, -0.2) is 65.8 Å². The van der Waals surface area contributed by atoms with Crippen LogP contribution in [0.15, 0.2) is 94.1 Å². The molecule has 2 aromatic carbocycles. The van der Waals surface area contributed by atoms with E-state index in [2.05, 4.69) is 81.6 Å². The topological polar surface area (TPSA) is 158 Å². The minimum absolute atomic E-state index is 0.0285. The van der Waals surface area contributed by atoms with Gasteiger partial charge < -0.3 is 36.6 Å². The van der Waals surface area contributed by atoms with Gasteiger partial charge in [-0.2, -0.15) is 0 Å². The summed E-state index contributed by atoms with van der Waals surface area (Å²) in [6, 6.07) is 8.87. The SMILES string of the molecule is CC(C)(C)NCC(O)COc1cccc2c1CCCC2=O.CC1=C(/C=C/C(C)=C/C=C/C(C)=C/C(=O)O)C(C)(C)CCC1.Nc1cc(Cl)c(NC2=NCCN2)c(Cl)c1. The largest absolute Gasteiger partial charge is 0.491 e. The second-order valence-corrected chi connectivity index (χ2v) is 17.4. The van der Waals surface area contributed by atoms with Crippen LogP contribution in [0.1, 0.15) is 103 Å². The van der Waals surface area contributed by atoms with Crippen molar-refractivity contribution in [1.29, 1.82) is 0 Å². The van der Waals surface area contributed by atoms with Gasteiger partial charge in [-0.25, -0.2) is 4.79 Å². The zero-order chi connectivity index (χ0) is 43.0. The molecule has 0 saturated heterocycles. The molecule has 0 aromatic heterocycles. The van der Waals surface area contributed by atoms with Crippen LogP contribution in [0, 0.1) is 5.41 Å². The van der Waals surface area contributed by atoms with E-state index in [1.54, 1.807) is 25.1 Å². The molecule has 1 unspecified atom stereocenters. The molecule has 316 valence electrons. The van der Waals surface area contributed by atoms with Gasteiger partial charge >= 0.3 is 5.97 Å². The summed E-state index contributed by atoms with van der Waals surface area (Å²) in [5.74, 6) is 0.695. The maximum atomic E-state index is 11.9. The summed E-state index contributed by atoms with van der Waals surface area (Å²) in [4.78, 5) is 26.6. The third kappa shape index (κ3) is 16.5. The van der Waals surface area contributed by atoms with Crippen LogP contribution < -0.4 is 26.4 Å². The van der Waals surface area contributed by atoms with E-state index in [0.717, 1.165) is 54.0 Å². The number of hydrogen-bond acceptors (Lipinski definition) is 9. The number of nitrogens with one attached hydrogen (secondary N) is 3. The normalized spacial score (nSPS) is 17.4. The lowest BCUT2D eigenvalue weighted by Crippen LogP contribution is -2.42. The highest BCUT2D eigenvalue weighted by atomic mass is 35.5. The van der Waals surface area contributed by atoms with Crippen LogP contribution in [0.3, 0.4) is 0 Å². The first-order valence-electron chi connectivity index (χ1n) is 19.9. The molecule has 10 nitrogen and oxygen atoms in total. The van der Waals surface area contributed by atoms with Gasteiger partial charge in [0.15, 0.2) is 11.7 Å². The number of ether oxygens (including phenoxy) is 1. The number of carboxylic acid groups (broad SMARTS) is 1. The van der Waals surface area contributed by atoms with Crippen molar-refractivity contribution in [1.82, 2.24) is 10.6 Å². The monoisotopic (exact) mass is 835 g/mol. The van der Waals surface area contributed by atoms with E-state index in [1.807, 2.05) is 30.4 Å². The summed E-state index contributed by atoms with van der Waals surface area (Å²) in [6.45, 7) is 19.2. The van der Waals surface area contributed by atoms with E-state index in [0.29, 0.717) is 40.3 Å². The number of benzene rings is 2. The molecule has 1 atom stereocenters. The quantitative estimate of drug-likeness (QED) is 0.0736. The third-order valence-electron chi connectivity index (χ3n) is 9.67. The number of β-amino-alcohol motifs (C(OH)–C–C–N with tert-alkyl or cyclic N) is 1. The molecule has 3 aliphatic rings. The number of nitrogens with two attached hydrogens (primary N) is 1. The number of hydrogen-bond donors (Lipinski definition) is 6. The first-order valence-corrected chi connectivity index (χ1v) is 20.7. The van der Waals surface area contributed by atoms with Gasteiger partial charge in [0.05, 0.1) is 22.3 Å². The average Bonchev–Trinajstić information content (AvgIpc) is 3.65. The molecular weight excluding hydrogens is 773 g/mol. The van der Waals surface area contributed by atoms with Crippen LogP contribution in [0.25, 0.3) is 0 Å². The van der Waals surface area contributed by atoms with Gasteiger partial charge in [0.1, 0.15) is 18.5 Å². The van der Waals surface area contributed by atoms with E-state index < -0.39 is 12.1 Å². The predicted octanol–water partition coefficient (Wildman–Crippen LogP) is 9.88. The Morgan fingerprint density at radius 1 is 1.09 bits per heavy atom. The number of aliphatic carboxylic acids is 1. The smallest absolute Gasteiger partial charge is 0.328 e. The Hall–Kier alpha value is -4.35. The summed E-state index contributed by atoms with van der Waals surface area (Å²) in [6.07, 6.45) is 16.8. The van der Waals surface area contributed by atoms with Crippen molar-refractivity contribution < 1.29 is 24.5 Å². The number of guanidine groups is 1. The van der Waals surface area contributed by atoms with Crippen molar-refractivity contribution in [2.24, 2.45) is 10.4 Å². The number of aliphatic hydroxyl groups excluding tert-OH is 1. The Labute approximate surface area is 355 Å². The molecule has 0 amide bonds. The van der Waals surface area contributed by atoms with Crippen molar-refractivity contribution in [3.8, 4) is 5.75 Å².